The van der Waals surface area contributed by atoms with E-state index in [0.717, 1.165) is 25.8 Å². The fourth-order valence-corrected chi connectivity index (χ4v) is 5.66. The molecule has 0 unspecified atom stereocenters. The number of hydrogen-bond acceptors (Lipinski definition) is 3. The van der Waals surface area contributed by atoms with Crippen LogP contribution in [0.5, 0.6) is 0 Å². The Morgan fingerprint density at radius 2 is 2.10 bits per heavy atom. The molecule has 3 heterocycles. The van der Waals surface area contributed by atoms with Crippen molar-refractivity contribution in [2.24, 2.45) is 23.2 Å². The number of carbonyl (C=O) groups excluding carboxylic acids is 2. The van der Waals surface area contributed by atoms with Crippen molar-refractivity contribution >= 4 is 11.8 Å². The fourth-order valence-electron chi connectivity index (χ4n) is 5.66. The largest absolute Gasteiger partial charge is 0.374 e. The van der Waals surface area contributed by atoms with E-state index >= 15 is 0 Å². The van der Waals surface area contributed by atoms with Crippen molar-refractivity contribution < 1.29 is 14.3 Å². The molecule has 0 aromatic rings. The Morgan fingerprint density at radius 1 is 1.29 bits per heavy atom. The molecule has 116 valence electrons. The van der Waals surface area contributed by atoms with Crippen molar-refractivity contribution in [3.8, 4) is 0 Å². The van der Waals surface area contributed by atoms with Crippen molar-refractivity contribution in [1.82, 2.24) is 10.6 Å². The zero-order valence-corrected chi connectivity index (χ0v) is 12.8. The number of fused-ring (bicyclic) bond motifs is 1. The van der Waals surface area contributed by atoms with Crippen LogP contribution in [0.1, 0.15) is 39.5 Å². The van der Waals surface area contributed by atoms with Crippen molar-refractivity contribution in [1.29, 1.82) is 0 Å². The molecule has 2 amide bonds. The zero-order chi connectivity index (χ0) is 14.8. The highest BCUT2D eigenvalue weighted by Crippen LogP contribution is 2.69. The third-order valence-electron chi connectivity index (χ3n) is 6.32. The molecular weight excluding hydrogens is 268 g/mol. The van der Waals surface area contributed by atoms with Gasteiger partial charge >= 0.3 is 0 Å². The molecule has 3 saturated heterocycles. The minimum absolute atomic E-state index is 0.0214. The normalized spacial score (nSPS) is 47.9. The maximum absolute atomic E-state index is 12.7. The number of ether oxygens (including phenoxy) is 1. The Morgan fingerprint density at radius 3 is 2.86 bits per heavy atom. The summed E-state index contributed by atoms with van der Waals surface area (Å²) < 4.78 is 6.11. The molecule has 5 atom stereocenters. The van der Waals surface area contributed by atoms with E-state index in [1.165, 1.54) is 0 Å². The predicted octanol–water partition coefficient (Wildman–Crippen LogP) is 0.832. The third kappa shape index (κ3) is 1.41. The second-order valence-electron chi connectivity index (χ2n) is 7.61. The lowest BCUT2D eigenvalue weighted by molar-refractivity contribution is -0.193. The lowest BCUT2D eigenvalue weighted by Crippen LogP contribution is -2.85. The van der Waals surface area contributed by atoms with E-state index in [4.69, 9.17) is 4.74 Å². The summed E-state index contributed by atoms with van der Waals surface area (Å²) in [5.74, 6) is 1.46. The van der Waals surface area contributed by atoms with Crippen LogP contribution in [-0.2, 0) is 14.3 Å². The lowest BCUT2D eigenvalue weighted by Gasteiger charge is -2.68. The first-order valence-corrected chi connectivity index (χ1v) is 8.23. The van der Waals surface area contributed by atoms with Gasteiger partial charge in [-0.05, 0) is 37.0 Å². The topological polar surface area (TPSA) is 67.4 Å². The Balaban J connectivity index is 1.78. The summed E-state index contributed by atoms with van der Waals surface area (Å²) in [6, 6.07) is 0. The average Bonchev–Trinajstić information content (AvgIpc) is 2.63. The van der Waals surface area contributed by atoms with Crippen LogP contribution in [-0.4, -0.2) is 36.6 Å². The average molecular weight is 292 g/mol. The van der Waals surface area contributed by atoms with Crippen LogP contribution in [0.25, 0.3) is 0 Å². The first-order chi connectivity index (χ1) is 10.0. The van der Waals surface area contributed by atoms with Gasteiger partial charge in [0, 0.05) is 13.0 Å². The van der Waals surface area contributed by atoms with Gasteiger partial charge in [0.15, 0.2) is 0 Å². The highest BCUT2D eigenvalue weighted by molar-refractivity contribution is 5.91. The molecule has 5 heteroatoms. The standard InChI is InChI=1S/C16H24N2O3/c1-9(2)7-12-16-11(3-4-13(19)18-16)10-5-6-17-14(20)15(10,16)8-21-12/h9-12H,3-8H2,1-2H3,(H,17,20)(H,18,19)/t10-,11+,12-,15+,16-/m1/s1. The number of hydrogen-bond donors (Lipinski definition) is 2. The van der Waals surface area contributed by atoms with Gasteiger partial charge in [0.2, 0.25) is 11.8 Å². The maximum Gasteiger partial charge on any atom is 0.231 e. The van der Waals surface area contributed by atoms with Gasteiger partial charge in [-0.3, -0.25) is 9.59 Å². The highest BCUT2D eigenvalue weighted by atomic mass is 16.5. The second-order valence-corrected chi connectivity index (χ2v) is 7.61. The number of amides is 2. The van der Waals surface area contributed by atoms with Gasteiger partial charge in [0.05, 0.1) is 18.2 Å². The molecule has 0 bridgehead atoms. The Kier molecular flexibility index (Phi) is 2.72. The van der Waals surface area contributed by atoms with E-state index in [2.05, 4.69) is 24.5 Å². The number of carbonyl (C=O) groups is 2. The number of piperidine rings is 2. The van der Waals surface area contributed by atoms with Crippen LogP contribution in [0.3, 0.4) is 0 Å². The van der Waals surface area contributed by atoms with Gasteiger partial charge < -0.3 is 15.4 Å². The number of rotatable bonds is 2. The summed E-state index contributed by atoms with van der Waals surface area (Å²) in [7, 11) is 0. The van der Waals surface area contributed by atoms with Crippen LogP contribution in [0, 0.1) is 23.2 Å². The molecule has 21 heavy (non-hydrogen) atoms. The molecule has 4 rings (SSSR count). The predicted molar refractivity (Wildman–Crippen MR) is 76.3 cm³/mol. The van der Waals surface area contributed by atoms with Crippen molar-refractivity contribution in [3.05, 3.63) is 0 Å². The van der Waals surface area contributed by atoms with Crippen LogP contribution < -0.4 is 10.6 Å². The van der Waals surface area contributed by atoms with E-state index in [1.54, 1.807) is 0 Å². The Bertz CT molecular complexity index is 506. The van der Waals surface area contributed by atoms with Gasteiger partial charge in [-0.15, -0.1) is 0 Å². The zero-order valence-electron chi connectivity index (χ0n) is 12.8. The van der Waals surface area contributed by atoms with Crippen molar-refractivity contribution in [3.63, 3.8) is 0 Å². The second kappa shape index (κ2) is 4.22. The van der Waals surface area contributed by atoms with E-state index in [9.17, 15) is 9.59 Å². The van der Waals surface area contributed by atoms with Crippen LogP contribution in [0.2, 0.25) is 0 Å². The molecule has 0 radical (unpaired) electrons. The molecule has 5 nitrogen and oxygen atoms in total. The fraction of sp³-hybridized carbons (Fsp3) is 0.875. The SMILES string of the molecule is CC(C)C[C@H]1OC[C@@]23C(=O)NCC[C@@H]2[C@@H]2CCC(=O)N[C@@]123. The molecule has 0 aromatic heterocycles. The molecular formula is C16H24N2O3. The summed E-state index contributed by atoms with van der Waals surface area (Å²) in [5, 5.41) is 6.26. The smallest absolute Gasteiger partial charge is 0.231 e. The molecule has 4 fully saturated rings. The first-order valence-electron chi connectivity index (χ1n) is 8.23. The lowest BCUT2D eigenvalue weighted by atomic mass is 9.38. The minimum Gasteiger partial charge on any atom is -0.374 e. The highest BCUT2D eigenvalue weighted by Gasteiger charge is 2.82. The number of nitrogens with one attached hydrogen (secondary N) is 2. The van der Waals surface area contributed by atoms with Crippen molar-refractivity contribution in [2.45, 2.75) is 51.2 Å². The van der Waals surface area contributed by atoms with Gasteiger partial charge in [-0.2, -0.15) is 0 Å². The quantitative estimate of drug-likeness (QED) is 0.792. The molecule has 3 aliphatic heterocycles. The summed E-state index contributed by atoms with van der Waals surface area (Å²) in [6.45, 7) is 5.57. The monoisotopic (exact) mass is 292 g/mol. The van der Waals surface area contributed by atoms with E-state index in [1.807, 2.05) is 0 Å². The first kappa shape index (κ1) is 13.6. The summed E-state index contributed by atoms with van der Waals surface area (Å²) >= 11 is 0. The Hall–Kier alpha value is -1.10. The molecule has 4 aliphatic rings. The van der Waals surface area contributed by atoms with Crippen LogP contribution in [0.15, 0.2) is 0 Å². The molecule has 1 aliphatic carbocycles. The molecule has 1 saturated carbocycles. The summed E-state index contributed by atoms with van der Waals surface area (Å²) in [6.07, 6.45) is 3.40. The van der Waals surface area contributed by atoms with Crippen molar-refractivity contribution in [2.75, 3.05) is 13.2 Å². The van der Waals surface area contributed by atoms with Gasteiger partial charge in [-0.1, -0.05) is 13.8 Å². The van der Waals surface area contributed by atoms with E-state index < -0.39 is 11.0 Å². The summed E-state index contributed by atoms with van der Waals surface area (Å²) in [5.41, 5.74) is -0.951. The molecule has 0 aromatic carbocycles. The van der Waals surface area contributed by atoms with E-state index in [-0.39, 0.29) is 17.9 Å². The molecule has 2 N–H and O–H groups in total. The van der Waals surface area contributed by atoms with Gasteiger partial charge in [-0.25, -0.2) is 0 Å². The third-order valence-corrected chi connectivity index (χ3v) is 6.32. The van der Waals surface area contributed by atoms with Gasteiger partial charge in [0.1, 0.15) is 5.41 Å². The van der Waals surface area contributed by atoms with E-state index in [0.29, 0.717) is 30.8 Å². The summed E-state index contributed by atoms with van der Waals surface area (Å²) in [4.78, 5) is 24.8. The van der Waals surface area contributed by atoms with Gasteiger partial charge in [0.25, 0.3) is 0 Å². The minimum atomic E-state index is -0.508. The van der Waals surface area contributed by atoms with Crippen LogP contribution in [0.4, 0.5) is 0 Å². The maximum atomic E-state index is 12.7. The Labute approximate surface area is 125 Å². The van der Waals surface area contributed by atoms with Crippen LogP contribution >= 0.6 is 0 Å². The molecule has 2 spiro atoms.